The lowest BCUT2D eigenvalue weighted by molar-refractivity contribution is -0.137. The average Bonchev–Trinajstić information content (AvgIpc) is 2.53. The summed E-state index contributed by atoms with van der Waals surface area (Å²) < 4.78 is 22.5. The van der Waals surface area contributed by atoms with Crippen LogP contribution in [0.4, 0.5) is 4.39 Å². The maximum Gasteiger partial charge on any atom is 0.336 e. The van der Waals surface area contributed by atoms with E-state index < -0.39 is 23.7 Å². The van der Waals surface area contributed by atoms with E-state index in [9.17, 15) is 14.0 Å². The van der Waals surface area contributed by atoms with Crippen LogP contribution in [0, 0.1) is 5.82 Å². The third kappa shape index (κ3) is 2.94. The number of hydrogen-bond acceptors (Lipinski definition) is 5. The molecule has 21 heavy (non-hydrogen) atoms. The molecule has 0 aliphatic carbocycles. The molecule has 0 saturated carbocycles. The van der Waals surface area contributed by atoms with Crippen LogP contribution in [-0.2, 0) is 19.1 Å². The molecule has 110 valence electrons. The Morgan fingerprint density at radius 3 is 1.90 bits per heavy atom. The third-order valence-electron chi connectivity index (χ3n) is 3.15. The molecular formula is C15H14FNO4. The second-order valence-corrected chi connectivity index (χ2v) is 4.33. The molecule has 0 saturated heterocycles. The van der Waals surface area contributed by atoms with Crippen molar-refractivity contribution in [3.8, 4) is 0 Å². The summed E-state index contributed by atoms with van der Waals surface area (Å²) in [6.07, 6.45) is 2.90. The number of ether oxygens (including phenoxy) is 2. The van der Waals surface area contributed by atoms with Crippen molar-refractivity contribution in [2.75, 3.05) is 14.2 Å². The Morgan fingerprint density at radius 1 is 1.00 bits per heavy atom. The van der Waals surface area contributed by atoms with Crippen LogP contribution in [-0.4, -0.2) is 26.2 Å². The Kier molecular flexibility index (Phi) is 4.37. The van der Waals surface area contributed by atoms with Gasteiger partial charge in [0.2, 0.25) is 0 Å². The van der Waals surface area contributed by atoms with Gasteiger partial charge in [0.15, 0.2) is 0 Å². The number of hydrogen-bond donors (Lipinski definition) is 1. The Balaban J connectivity index is 2.49. The first-order valence-corrected chi connectivity index (χ1v) is 6.16. The van der Waals surface area contributed by atoms with Crippen molar-refractivity contribution in [1.29, 1.82) is 0 Å². The fourth-order valence-electron chi connectivity index (χ4n) is 2.16. The van der Waals surface area contributed by atoms with Crippen LogP contribution in [0.15, 0.2) is 47.8 Å². The highest BCUT2D eigenvalue weighted by Crippen LogP contribution is 2.34. The van der Waals surface area contributed by atoms with E-state index in [0.29, 0.717) is 5.56 Å². The predicted molar refractivity (Wildman–Crippen MR) is 72.5 cm³/mol. The minimum Gasteiger partial charge on any atom is -0.466 e. The van der Waals surface area contributed by atoms with Crippen LogP contribution in [0.5, 0.6) is 0 Å². The van der Waals surface area contributed by atoms with Crippen LogP contribution in [0.2, 0.25) is 0 Å². The van der Waals surface area contributed by atoms with Crippen LogP contribution in [0.25, 0.3) is 0 Å². The minimum absolute atomic E-state index is 0.243. The summed E-state index contributed by atoms with van der Waals surface area (Å²) in [7, 11) is 2.50. The van der Waals surface area contributed by atoms with Crippen molar-refractivity contribution >= 4 is 11.9 Å². The number of rotatable bonds is 3. The molecule has 1 N–H and O–H groups in total. The van der Waals surface area contributed by atoms with Crippen molar-refractivity contribution in [2.45, 2.75) is 5.92 Å². The highest BCUT2D eigenvalue weighted by molar-refractivity contribution is 5.98. The van der Waals surface area contributed by atoms with Gasteiger partial charge in [0, 0.05) is 12.4 Å². The molecule has 0 fully saturated rings. The molecule has 1 aromatic carbocycles. The quantitative estimate of drug-likeness (QED) is 0.857. The first kappa shape index (κ1) is 14.8. The fourth-order valence-corrected chi connectivity index (χ4v) is 2.16. The van der Waals surface area contributed by atoms with Crippen molar-refractivity contribution in [2.24, 2.45) is 0 Å². The molecule has 6 heteroatoms. The molecule has 0 unspecified atom stereocenters. The Hall–Kier alpha value is -2.63. The van der Waals surface area contributed by atoms with Crippen molar-refractivity contribution in [1.82, 2.24) is 5.32 Å². The minimum atomic E-state index is -0.674. The van der Waals surface area contributed by atoms with Crippen LogP contribution >= 0.6 is 0 Å². The van der Waals surface area contributed by atoms with Gasteiger partial charge < -0.3 is 14.8 Å². The highest BCUT2D eigenvalue weighted by atomic mass is 19.1. The van der Waals surface area contributed by atoms with Gasteiger partial charge in [-0.3, -0.25) is 0 Å². The molecule has 1 heterocycles. The van der Waals surface area contributed by atoms with E-state index in [1.807, 2.05) is 0 Å². The Morgan fingerprint density at radius 2 is 1.48 bits per heavy atom. The monoisotopic (exact) mass is 291 g/mol. The van der Waals surface area contributed by atoms with E-state index in [-0.39, 0.29) is 11.1 Å². The van der Waals surface area contributed by atoms with E-state index in [1.54, 1.807) is 0 Å². The van der Waals surface area contributed by atoms with Crippen LogP contribution in [0.3, 0.4) is 0 Å². The van der Waals surface area contributed by atoms with Gasteiger partial charge >= 0.3 is 11.9 Å². The second kappa shape index (κ2) is 6.21. The van der Waals surface area contributed by atoms with Gasteiger partial charge in [0.25, 0.3) is 0 Å². The molecule has 0 bridgehead atoms. The van der Waals surface area contributed by atoms with Gasteiger partial charge in [0.05, 0.1) is 31.3 Å². The number of dihydropyridines is 1. The summed E-state index contributed by atoms with van der Waals surface area (Å²) in [6, 6.07) is 5.56. The molecular weight excluding hydrogens is 277 g/mol. The Bertz CT molecular complexity index is 587. The first-order chi connectivity index (χ1) is 10.1. The van der Waals surface area contributed by atoms with Crippen molar-refractivity contribution in [3.63, 3.8) is 0 Å². The molecule has 5 nitrogen and oxygen atoms in total. The Labute approximate surface area is 121 Å². The number of benzene rings is 1. The summed E-state index contributed by atoms with van der Waals surface area (Å²) in [4.78, 5) is 23.8. The molecule has 1 aliphatic heterocycles. The summed E-state index contributed by atoms with van der Waals surface area (Å²) >= 11 is 0. The van der Waals surface area contributed by atoms with Crippen LogP contribution in [0.1, 0.15) is 11.5 Å². The number of nitrogens with one attached hydrogen (secondary N) is 1. The molecule has 0 amide bonds. The summed E-state index contributed by atoms with van der Waals surface area (Å²) in [5, 5.41) is 2.73. The summed E-state index contributed by atoms with van der Waals surface area (Å²) in [5.41, 5.74) is 1.07. The van der Waals surface area contributed by atoms with E-state index in [4.69, 9.17) is 9.47 Å². The molecule has 2 rings (SSSR count). The maximum atomic E-state index is 13.1. The lowest BCUT2D eigenvalue weighted by Crippen LogP contribution is -2.26. The first-order valence-electron chi connectivity index (χ1n) is 6.16. The third-order valence-corrected chi connectivity index (χ3v) is 3.15. The normalized spacial score (nSPS) is 14.6. The van der Waals surface area contributed by atoms with E-state index in [0.717, 1.165) is 0 Å². The van der Waals surface area contributed by atoms with Crippen molar-refractivity contribution < 1.29 is 23.5 Å². The predicted octanol–water partition coefficient (Wildman–Crippen LogP) is 1.63. The number of carbonyl (C=O) groups is 2. The zero-order valence-corrected chi connectivity index (χ0v) is 11.6. The lowest BCUT2D eigenvalue weighted by atomic mass is 9.84. The molecule has 0 spiro atoms. The number of methoxy groups -OCH3 is 2. The second-order valence-electron chi connectivity index (χ2n) is 4.33. The fraction of sp³-hybridized carbons (Fsp3) is 0.200. The SMILES string of the molecule is COC(=O)C1=CNC=C(C(=O)OC)C1c1ccc(F)cc1. The summed E-state index contributed by atoms with van der Waals surface area (Å²) in [6.45, 7) is 0. The summed E-state index contributed by atoms with van der Waals surface area (Å²) in [5.74, 6) is -2.23. The molecule has 1 aliphatic rings. The standard InChI is InChI=1S/C15H14FNO4/c1-20-14(18)11-7-17-8-12(15(19)21-2)13(11)9-3-5-10(16)6-4-9/h3-8,13,17H,1-2H3. The van der Waals surface area contributed by atoms with Gasteiger partial charge in [-0.2, -0.15) is 0 Å². The lowest BCUT2D eigenvalue weighted by Gasteiger charge is -2.24. The van der Waals surface area contributed by atoms with Gasteiger partial charge in [0.1, 0.15) is 5.82 Å². The number of halogens is 1. The van der Waals surface area contributed by atoms with Gasteiger partial charge in [-0.25, -0.2) is 14.0 Å². The van der Waals surface area contributed by atoms with Crippen LogP contribution < -0.4 is 5.32 Å². The largest absolute Gasteiger partial charge is 0.466 e. The van der Waals surface area contributed by atoms with E-state index >= 15 is 0 Å². The topological polar surface area (TPSA) is 64.6 Å². The zero-order valence-electron chi connectivity index (χ0n) is 11.6. The van der Waals surface area contributed by atoms with E-state index in [1.165, 1.54) is 50.9 Å². The van der Waals surface area contributed by atoms with Gasteiger partial charge in [-0.05, 0) is 17.7 Å². The van der Waals surface area contributed by atoms with Crippen molar-refractivity contribution in [3.05, 3.63) is 59.2 Å². The molecule has 0 atom stereocenters. The smallest absolute Gasteiger partial charge is 0.336 e. The average molecular weight is 291 g/mol. The molecule has 0 aromatic heterocycles. The van der Waals surface area contributed by atoms with Gasteiger partial charge in [-0.1, -0.05) is 12.1 Å². The molecule has 1 aromatic rings. The number of carbonyl (C=O) groups excluding carboxylic acids is 2. The zero-order chi connectivity index (χ0) is 15.4. The highest BCUT2D eigenvalue weighted by Gasteiger charge is 2.33. The molecule has 0 radical (unpaired) electrons. The maximum absolute atomic E-state index is 13.1. The number of esters is 2. The van der Waals surface area contributed by atoms with Gasteiger partial charge in [-0.15, -0.1) is 0 Å². The van der Waals surface area contributed by atoms with E-state index in [2.05, 4.69) is 5.32 Å².